The first-order valence-corrected chi connectivity index (χ1v) is 11.5. The minimum absolute atomic E-state index is 0.253. The van der Waals surface area contributed by atoms with E-state index in [1.54, 1.807) is 30.6 Å². The van der Waals surface area contributed by atoms with Crippen molar-refractivity contribution < 1.29 is 9.59 Å². The molecule has 1 saturated carbocycles. The lowest BCUT2D eigenvalue weighted by molar-refractivity contribution is -0.132. The Kier molecular flexibility index (Phi) is 5.81. The van der Waals surface area contributed by atoms with Gasteiger partial charge in [0, 0.05) is 49.7 Å². The van der Waals surface area contributed by atoms with E-state index in [1.807, 2.05) is 16.5 Å². The van der Waals surface area contributed by atoms with E-state index < -0.39 is 0 Å². The first kappa shape index (κ1) is 21.2. The molecule has 0 atom stereocenters. The maximum atomic E-state index is 12.6. The van der Waals surface area contributed by atoms with Crippen LogP contribution in [0.25, 0.3) is 0 Å². The molecule has 2 amide bonds. The zero-order valence-corrected chi connectivity index (χ0v) is 18.8. The smallest absolute Gasteiger partial charge is 0.276 e. The highest BCUT2D eigenvalue weighted by Gasteiger charge is 2.34. The first-order chi connectivity index (χ1) is 16.1. The van der Waals surface area contributed by atoms with E-state index in [0.717, 1.165) is 56.0 Å². The molecule has 0 radical (unpaired) electrons. The molecule has 33 heavy (non-hydrogen) atoms. The number of aryl methyl sites for hydroxylation is 1. The number of piperazine rings is 1. The van der Waals surface area contributed by atoms with E-state index >= 15 is 0 Å². The third kappa shape index (κ3) is 4.89. The maximum Gasteiger partial charge on any atom is 0.276 e. The van der Waals surface area contributed by atoms with Gasteiger partial charge in [0.15, 0.2) is 5.69 Å². The van der Waals surface area contributed by atoms with E-state index in [9.17, 15) is 9.59 Å². The monoisotopic (exact) mass is 444 g/mol. The van der Waals surface area contributed by atoms with Crippen LogP contribution in [0.1, 0.15) is 34.6 Å². The number of carbonyl (C=O) groups excluding carboxylic acids is 2. The quantitative estimate of drug-likeness (QED) is 0.632. The molecule has 3 heterocycles. The molecule has 1 aliphatic carbocycles. The van der Waals surface area contributed by atoms with Crippen molar-refractivity contribution in [2.24, 2.45) is 5.92 Å². The van der Waals surface area contributed by atoms with Crippen LogP contribution in [-0.2, 0) is 11.3 Å². The number of hydrogen-bond acceptors (Lipinski definition) is 5. The Morgan fingerprint density at radius 2 is 1.88 bits per heavy atom. The summed E-state index contributed by atoms with van der Waals surface area (Å²) < 4.78 is 1.85. The van der Waals surface area contributed by atoms with Crippen molar-refractivity contribution in [2.75, 3.05) is 36.4 Å². The molecule has 1 saturated heterocycles. The molecule has 8 nitrogen and oxygen atoms in total. The van der Waals surface area contributed by atoms with Gasteiger partial charge in [0.05, 0.1) is 18.4 Å². The maximum absolute atomic E-state index is 12.6. The average molecular weight is 445 g/mol. The molecule has 0 unspecified atom stereocenters. The molecule has 8 heteroatoms. The Labute approximate surface area is 193 Å². The number of aromatic nitrogens is 3. The number of pyridine rings is 1. The van der Waals surface area contributed by atoms with Crippen LogP contribution in [0.4, 0.5) is 11.4 Å². The van der Waals surface area contributed by atoms with Crippen LogP contribution >= 0.6 is 0 Å². The van der Waals surface area contributed by atoms with Crippen LogP contribution in [0.5, 0.6) is 0 Å². The van der Waals surface area contributed by atoms with E-state index in [1.165, 1.54) is 0 Å². The van der Waals surface area contributed by atoms with Crippen LogP contribution in [0.3, 0.4) is 0 Å². The van der Waals surface area contributed by atoms with Crippen molar-refractivity contribution >= 4 is 23.2 Å². The second kappa shape index (κ2) is 9.05. The summed E-state index contributed by atoms with van der Waals surface area (Å²) in [5.41, 5.74) is 4.22. The lowest BCUT2D eigenvalue weighted by Crippen LogP contribution is -2.49. The van der Waals surface area contributed by atoms with Gasteiger partial charge in [0.2, 0.25) is 5.91 Å². The van der Waals surface area contributed by atoms with Crippen LogP contribution in [0, 0.1) is 12.8 Å². The standard InChI is InChI=1S/C25H28N6O2/c1-18-14-23(24(32)27-21-5-3-9-26-16-21)28-31(18)17-19-4-2-6-22(15-19)29-10-12-30(13-11-29)25(33)20-7-8-20/h2-6,9,14-16,20H,7-8,10-13,17H2,1H3,(H,27,32). The first-order valence-electron chi connectivity index (χ1n) is 11.5. The zero-order valence-electron chi connectivity index (χ0n) is 18.8. The lowest BCUT2D eigenvalue weighted by Gasteiger charge is -2.36. The van der Waals surface area contributed by atoms with E-state index in [2.05, 4.69) is 44.6 Å². The summed E-state index contributed by atoms with van der Waals surface area (Å²) in [5.74, 6) is 0.367. The molecule has 2 fully saturated rings. The highest BCUT2D eigenvalue weighted by Crippen LogP contribution is 2.31. The fraction of sp³-hybridized carbons (Fsp3) is 0.360. The molecule has 2 aromatic heterocycles. The second-order valence-electron chi connectivity index (χ2n) is 8.78. The summed E-state index contributed by atoms with van der Waals surface area (Å²) in [6.45, 7) is 5.80. The Bertz CT molecular complexity index is 1150. The van der Waals surface area contributed by atoms with Crippen LogP contribution in [-0.4, -0.2) is 57.7 Å². The number of anilines is 2. The van der Waals surface area contributed by atoms with Crippen molar-refractivity contribution in [2.45, 2.75) is 26.3 Å². The summed E-state index contributed by atoms with van der Waals surface area (Å²) in [4.78, 5) is 33.2. The van der Waals surface area contributed by atoms with Crippen LogP contribution < -0.4 is 10.2 Å². The molecule has 1 aliphatic heterocycles. The Hall–Kier alpha value is -3.68. The Morgan fingerprint density at radius 3 is 2.61 bits per heavy atom. The minimum Gasteiger partial charge on any atom is -0.368 e. The summed E-state index contributed by atoms with van der Waals surface area (Å²) in [5, 5.41) is 7.35. The zero-order chi connectivity index (χ0) is 22.8. The Balaban J connectivity index is 1.23. The molecule has 2 aliphatic rings. The second-order valence-corrected chi connectivity index (χ2v) is 8.78. The van der Waals surface area contributed by atoms with Gasteiger partial charge in [-0.1, -0.05) is 12.1 Å². The molecule has 1 N–H and O–H groups in total. The van der Waals surface area contributed by atoms with Crippen molar-refractivity contribution in [3.63, 3.8) is 0 Å². The number of benzene rings is 1. The molecule has 0 spiro atoms. The average Bonchev–Trinajstić information content (AvgIpc) is 3.63. The fourth-order valence-corrected chi connectivity index (χ4v) is 4.21. The number of nitrogens with one attached hydrogen (secondary N) is 1. The van der Waals surface area contributed by atoms with Gasteiger partial charge in [-0.05, 0) is 55.7 Å². The van der Waals surface area contributed by atoms with Gasteiger partial charge in [-0.15, -0.1) is 0 Å². The number of rotatable bonds is 6. The molecular formula is C25H28N6O2. The predicted molar refractivity (Wildman–Crippen MR) is 126 cm³/mol. The SMILES string of the molecule is Cc1cc(C(=O)Nc2cccnc2)nn1Cc1cccc(N2CCN(C(=O)C3CC3)CC2)c1. The summed E-state index contributed by atoms with van der Waals surface area (Å²) in [6.07, 6.45) is 5.38. The highest BCUT2D eigenvalue weighted by atomic mass is 16.2. The Morgan fingerprint density at radius 1 is 1.06 bits per heavy atom. The molecular weight excluding hydrogens is 416 g/mol. The van der Waals surface area contributed by atoms with Crippen LogP contribution in [0.2, 0.25) is 0 Å². The molecule has 0 bridgehead atoms. The normalized spacial score (nSPS) is 16.0. The largest absolute Gasteiger partial charge is 0.368 e. The number of hydrogen-bond donors (Lipinski definition) is 1. The highest BCUT2D eigenvalue weighted by molar-refractivity contribution is 6.02. The molecule has 3 aromatic rings. The summed E-state index contributed by atoms with van der Waals surface area (Å²) >= 11 is 0. The topological polar surface area (TPSA) is 83.4 Å². The van der Waals surface area contributed by atoms with Crippen molar-refractivity contribution in [1.82, 2.24) is 19.7 Å². The fourth-order valence-electron chi connectivity index (χ4n) is 4.21. The summed E-state index contributed by atoms with van der Waals surface area (Å²) in [6, 6.07) is 13.8. The lowest BCUT2D eigenvalue weighted by atomic mass is 10.1. The van der Waals surface area contributed by atoms with Gasteiger partial charge < -0.3 is 15.1 Å². The van der Waals surface area contributed by atoms with Crippen LogP contribution in [0.15, 0.2) is 54.9 Å². The molecule has 5 rings (SSSR count). The summed E-state index contributed by atoms with van der Waals surface area (Å²) in [7, 11) is 0. The van der Waals surface area contributed by atoms with E-state index in [4.69, 9.17) is 0 Å². The number of amides is 2. The van der Waals surface area contributed by atoms with E-state index in [-0.39, 0.29) is 11.8 Å². The van der Waals surface area contributed by atoms with Gasteiger partial charge in [0.1, 0.15) is 0 Å². The van der Waals surface area contributed by atoms with Crippen molar-refractivity contribution in [3.8, 4) is 0 Å². The predicted octanol–water partition coefficient (Wildman–Crippen LogP) is 2.95. The van der Waals surface area contributed by atoms with Gasteiger partial charge in [-0.25, -0.2) is 0 Å². The minimum atomic E-state index is -0.253. The van der Waals surface area contributed by atoms with Crippen molar-refractivity contribution in [1.29, 1.82) is 0 Å². The molecule has 1 aromatic carbocycles. The van der Waals surface area contributed by atoms with Gasteiger partial charge in [0.25, 0.3) is 5.91 Å². The third-order valence-electron chi connectivity index (χ3n) is 6.26. The number of nitrogens with zero attached hydrogens (tertiary/aromatic N) is 5. The van der Waals surface area contributed by atoms with Gasteiger partial charge in [-0.3, -0.25) is 19.3 Å². The van der Waals surface area contributed by atoms with E-state index in [0.29, 0.717) is 23.8 Å². The van der Waals surface area contributed by atoms with Gasteiger partial charge >= 0.3 is 0 Å². The molecule has 170 valence electrons. The third-order valence-corrected chi connectivity index (χ3v) is 6.26. The van der Waals surface area contributed by atoms with Gasteiger partial charge in [-0.2, -0.15) is 5.10 Å². The number of carbonyl (C=O) groups is 2. The van der Waals surface area contributed by atoms with Crippen molar-refractivity contribution in [3.05, 3.63) is 71.8 Å².